The molecule has 11 nitrogen and oxygen atoms in total. The van der Waals surface area contributed by atoms with Crippen LogP contribution in [0.15, 0.2) is 30.5 Å². The molecular formula is C32H46N4O7S. The fraction of sp³-hybridized carbons (Fsp3) is 0.625. The number of nitrogens with one attached hydrogen (secondary N) is 4. The average molecular weight is 631 g/mol. The topological polar surface area (TPSA) is 175 Å². The molecule has 1 aromatic carbocycles. The highest BCUT2D eigenvalue weighted by Gasteiger charge is 2.60. The lowest BCUT2D eigenvalue weighted by molar-refractivity contribution is -0.141. The predicted molar refractivity (Wildman–Crippen MR) is 167 cm³/mol. The van der Waals surface area contributed by atoms with Gasteiger partial charge in [-0.25, -0.2) is 13.1 Å². The van der Waals surface area contributed by atoms with Crippen LogP contribution in [0.4, 0.5) is 0 Å². The lowest BCUT2D eigenvalue weighted by Gasteiger charge is -2.37. The predicted octanol–water partition coefficient (Wildman–Crippen LogP) is 3.15. The van der Waals surface area contributed by atoms with Gasteiger partial charge in [0.15, 0.2) is 5.78 Å². The number of carbonyl (C=O) groups is 4. The summed E-state index contributed by atoms with van der Waals surface area (Å²) in [7, 11) is -3.83. The van der Waals surface area contributed by atoms with Crippen LogP contribution in [0.1, 0.15) is 71.8 Å². The van der Waals surface area contributed by atoms with E-state index in [-0.39, 0.29) is 34.8 Å². The van der Waals surface area contributed by atoms with Crippen molar-refractivity contribution in [1.82, 2.24) is 20.3 Å². The van der Waals surface area contributed by atoms with Crippen LogP contribution < -0.4 is 15.4 Å². The Labute approximate surface area is 259 Å². The summed E-state index contributed by atoms with van der Waals surface area (Å²) in [5.74, 6) is -3.72. The van der Waals surface area contributed by atoms with Gasteiger partial charge in [-0.3, -0.25) is 19.2 Å². The Hall–Kier alpha value is -3.25. The maximum Gasteiger partial charge on any atom is 0.305 e. The fourth-order valence-electron chi connectivity index (χ4n) is 7.30. The van der Waals surface area contributed by atoms with Crippen molar-refractivity contribution < 1.29 is 32.7 Å². The van der Waals surface area contributed by atoms with Crippen molar-refractivity contribution in [2.24, 2.45) is 28.6 Å². The zero-order valence-corrected chi connectivity index (χ0v) is 26.9. The van der Waals surface area contributed by atoms with E-state index in [0.29, 0.717) is 18.9 Å². The molecule has 2 saturated carbocycles. The number of para-hydroxylation sites is 1. The third-order valence-corrected chi connectivity index (χ3v) is 11.8. The highest BCUT2D eigenvalue weighted by atomic mass is 32.2. The first-order valence-corrected chi connectivity index (χ1v) is 17.1. The Morgan fingerprint density at radius 2 is 1.75 bits per heavy atom. The standard InChI is InChI=1S/C32H46N4O7S/c1-20(2)24(15-28(38)33-14-11-21-17-34-25-8-6-5-7-23(21)25)30(41)36-26(16-29(39)40)27(37)18-35-44(42,43)19-32-12-9-22(10-13-32)31(32,3)4/h5-8,17,20,22,24,26,34-35H,9-16,18-19H2,1-4H3,(H,33,38)(H,36,41)(H,39,40). The van der Waals surface area contributed by atoms with E-state index in [0.717, 1.165) is 42.1 Å². The summed E-state index contributed by atoms with van der Waals surface area (Å²) in [5, 5.41) is 15.8. The van der Waals surface area contributed by atoms with E-state index in [2.05, 4.69) is 34.2 Å². The number of benzene rings is 1. The molecule has 2 atom stereocenters. The van der Waals surface area contributed by atoms with Crippen molar-refractivity contribution in [3.63, 3.8) is 0 Å². The molecule has 0 saturated heterocycles. The molecule has 2 fully saturated rings. The number of carboxylic acids is 1. The fourth-order valence-corrected chi connectivity index (χ4v) is 9.15. The van der Waals surface area contributed by atoms with E-state index in [1.807, 2.05) is 30.5 Å². The van der Waals surface area contributed by atoms with Crippen LogP contribution in [0, 0.1) is 28.6 Å². The molecule has 12 heteroatoms. The zero-order valence-electron chi connectivity index (χ0n) is 26.1. The number of hydrogen-bond donors (Lipinski definition) is 5. The zero-order chi connectivity index (χ0) is 32.3. The molecule has 2 aliphatic carbocycles. The summed E-state index contributed by atoms with van der Waals surface area (Å²) in [6.07, 6.45) is 5.29. The number of carbonyl (C=O) groups excluding carboxylic acids is 3. The maximum absolute atomic E-state index is 13.2. The van der Waals surface area contributed by atoms with Crippen LogP contribution in [0.25, 0.3) is 10.9 Å². The van der Waals surface area contributed by atoms with Crippen LogP contribution in [0.5, 0.6) is 0 Å². The third-order valence-electron chi connectivity index (χ3n) is 10.3. The molecule has 2 amide bonds. The minimum absolute atomic E-state index is 0.0857. The van der Waals surface area contributed by atoms with Gasteiger partial charge < -0.3 is 20.7 Å². The van der Waals surface area contributed by atoms with Crippen LogP contribution in [0.3, 0.4) is 0 Å². The first kappa shape index (κ1) is 33.6. The monoisotopic (exact) mass is 630 g/mol. The highest BCUT2D eigenvalue weighted by Crippen LogP contribution is 2.66. The molecule has 242 valence electrons. The van der Waals surface area contributed by atoms with Gasteiger partial charge in [0.1, 0.15) is 0 Å². The summed E-state index contributed by atoms with van der Waals surface area (Å²) < 4.78 is 28.5. The number of carboxylic acid groups (broad SMARTS) is 1. The van der Waals surface area contributed by atoms with Crippen LogP contribution in [-0.4, -0.2) is 67.0 Å². The van der Waals surface area contributed by atoms with E-state index in [4.69, 9.17) is 0 Å². The van der Waals surface area contributed by atoms with Crippen molar-refractivity contribution >= 4 is 44.5 Å². The lowest BCUT2D eigenvalue weighted by atomic mass is 9.71. The number of fused-ring (bicyclic) bond motifs is 3. The van der Waals surface area contributed by atoms with E-state index in [1.54, 1.807) is 13.8 Å². The molecule has 2 unspecified atom stereocenters. The maximum atomic E-state index is 13.2. The molecule has 0 radical (unpaired) electrons. The minimum atomic E-state index is -3.83. The summed E-state index contributed by atoms with van der Waals surface area (Å²) in [4.78, 5) is 53.8. The normalized spacial score (nSPS) is 22.2. The minimum Gasteiger partial charge on any atom is -0.481 e. The Balaban J connectivity index is 1.31. The number of Topliss-reactive ketones (excluding diaryl/α,β-unsaturated/α-hetero) is 1. The van der Waals surface area contributed by atoms with Crippen molar-refractivity contribution in [3.05, 3.63) is 36.0 Å². The molecule has 0 aliphatic heterocycles. The van der Waals surface area contributed by atoms with Crippen molar-refractivity contribution in [2.45, 2.75) is 78.7 Å². The number of amides is 2. The van der Waals surface area contributed by atoms with Gasteiger partial charge in [0, 0.05) is 36.0 Å². The lowest BCUT2D eigenvalue weighted by Crippen LogP contribution is -2.50. The van der Waals surface area contributed by atoms with Crippen molar-refractivity contribution in [3.8, 4) is 0 Å². The van der Waals surface area contributed by atoms with E-state index < -0.39 is 52.6 Å². The van der Waals surface area contributed by atoms with Gasteiger partial charge in [0.25, 0.3) is 0 Å². The Morgan fingerprint density at radius 1 is 1.07 bits per heavy atom. The second-order valence-corrected chi connectivity index (χ2v) is 15.3. The van der Waals surface area contributed by atoms with Crippen LogP contribution >= 0.6 is 0 Å². The quantitative estimate of drug-likeness (QED) is 0.189. The number of ketones is 1. The van der Waals surface area contributed by atoms with Gasteiger partial charge in [-0.15, -0.1) is 0 Å². The average Bonchev–Trinajstić information content (AvgIpc) is 3.54. The van der Waals surface area contributed by atoms with Gasteiger partial charge in [0.05, 0.1) is 24.8 Å². The molecule has 2 aliphatic rings. The second kappa shape index (κ2) is 13.4. The summed E-state index contributed by atoms with van der Waals surface area (Å²) in [6.45, 7) is 7.51. The van der Waals surface area contributed by atoms with Crippen LogP contribution in [0.2, 0.25) is 0 Å². The van der Waals surface area contributed by atoms with Crippen molar-refractivity contribution in [2.75, 3.05) is 18.8 Å². The molecule has 2 bridgehead atoms. The Kier molecular flexibility index (Phi) is 10.2. The largest absolute Gasteiger partial charge is 0.481 e. The van der Waals surface area contributed by atoms with Gasteiger partial charge in [-0.1, -0.05) is 45.9 Å². The molecule has 4 rings (SSSR count). The number of H-pyrrole nitrogens is 1. The number of aromatic nitrogens is 1. The molecular weight excluding hydrogens is 584 g/mol. The smallest absolute Gasteiger partial charge is 0.305 e. The van der Waals surface area contributed by atoms with E-state index >= 15 is 0 Å². The molecule has 2 aromatic rings. The summed E-state index contributed by atoms with van der Waals surface area (Å²) in [6, 6.07) is 6.42. The summed E-state index contributed by atoms with van der Waals surface area (Å²) in [5.41, 5.74) is 1.61. The molecule has 44 heavy (non-hydrogen) atoms. The summed E-state index contributed by atoms with van der Waals surface area (Å²) >= 11 is 0. The molecule has 5 N–H and O–H groups in total. The van der Waals surface area contributed by atoms with Gasteiger partial charge in [-0.2, -0.15) is 0 Å². The second-order valence-electron chi connectivity index (χ2n) is 13.5. The third kappa shape index (κ3) is 7.51. The molecule has 0 spiro atoms. The number of aromatic amines is 1. The molecule has 1 aromatic heterocycles. The number of rotatable bonds is 16. The Bertz CT molecular complexity index is 1490. The first-order valence-electron chi connectivity index (χ1n) is 15.5. The first-order chi connectivity index (χ1) is 20.6. The van der Waals surface area contributed by atoms with Crippen molar-refractivity contribution in [1.29, 1.82) is 0 Å². The molecule has 1 heterocycles. The van der Waals surface area contributed by atoms with Gasteiger partial charge in [0.2, 0.25) is 21.8 Å². The number of aliphatic carboxylic acids is 1. The number of hydrogen-bond acceptors (Lipinski definition) is 6. The van der Waals surface area contributed by atoms with Crippen LogP contribution in [-0.2, 0) is 35.6 Å². The highest BCUT2D eigenvalue weighted by molar-refractivity contribution is 7.89. The SMILES string of the molecule is CC(C)C(CC(=O)NCCc1c[nH]c2ccccc12)C(=O)NC(CC(=O)O)C(=O)CNS(=O)(=O)CC12CCC(CC1)C2(C)C. The number of sulfonamides is 1. The van der Waals surface area contributed by atoms with E-state index in [1.165, 1.54) is 0 Å². The van der Waals surface area contributed by atoms with Gasteiger partial charge >= 0.3 is 5.97 Å². The Morgan fingerprint density at radius 3 is 2.36 bits per heavy atom. The van der Waals surface area contributed by atoms with Gasteiger partial charge in [-0.05, 0) is 66.4 Å². The van der Waals surface area contributed by atoms with E-state index in [9.17, 15) is 32.7 Å².